The summed E-state index contributed by atoms with van der Waals surface area (Å²) in [7, 11) is 0. The smallest absolute Gasteiger partial charge is 0.337 e. The number of carbonyl (C=O) groups is 1. The Kier molecular flexibility index (Phi) is 5.64. The van der Waals surface area contributed by atoms with Gasteiger partial charge in [-0.05, 0) is 75.3 Å². The molecule has 3 heterocycles. The molecule has 0 spiro atoms. The lowest BCUT2D eigenvalue weighted by atomic mass is 9.99. The molecule has 164 valence electrons. The lowest BCUT2D eigenvalue weighted by molar-refractivity contribution is -0.133. The molecule has 1 aromatic carbocycles. The van der Waals surface area contributed by atoms with E-state index < -0.39 is 5.69 Å². The van der Waals surface area contributed by atoms with E-state index in [1.54, 1.807) is 6.07 Å². The number of fused-ring (bicyclic) bond motifs is 1. The van der Waals surface area contributed by atoms with Crippen molar-refractivity contribution < 1.29 is 4.79 Å². The standard InChI is InChI=1S/C24H29N3O3S/c1-14-8-10-25(11-9-14)20(28)13-26-23-21(17(4)18(5)31-23)22(29)27(24(26)30)19-7-6-15(2)16(3)12-19/h6-7,12,14H,8-11,13H2,1-5H3. The summed E-state index contributed by atoms with van der Waals surface area (Å²) >= 11 is 1.41. The number of benzene rings is 1. The number of rotatable bonds is 3. The molecule has 0 unspecified atom stereocenters. The predicted octanol–water partition coefficient (Wildman–Crippen LogP) is 3.71. The topological polar surface area (TPSA) is 64.3 Å². The van der Waals surface area contributed by atoms with Crippen LogP contribution >= 0.6 is 11.3 Å². The monoisotopic (exact) mass is 439 g/mol. The Morgan fingerprint density at radius 1 is 1.06 bits per heavy atom. The third-order valence-corrected chi connectivity index (χ3v) is 7.86. The van der Waals surface area contributed by atoms with Crippen molar-refractivity contribution in [3.05, 3.63) is 60.6 Å². The highest BCUT2D eigenvalue weighted by Crippen LogP contribution is 2.27. The van der Waals surface area contributed by atoms with Crippen molar-refractivity contribution in [2.45, 2.75) is 54.0 Å². The summed E-state index contributed by atoms with van der Waals surface area (Å²) in [6.07, 6.45) is 1.96. The fraction of sp³-hybridized carbons (Fsp3) is 0.458. The summed E-state index contributed by atoms with van der Waals surface area (Å²) in [5, 5.41) is 0.528. The molecule has 1 aliphatic heterocycles. The second kappa shape index (κ2) is 8.11. The van der Waals surface area contributed by atoms with E-state index in [0.717, 1.165) is 47.5 Å². The highest BCUT2D eigenvalue weighted by atomic mass is 32.1. The fourth-order valence-corrected chi connectivity index (χ4v) is 5.32. The van der Waals surface area contributed by atoms with E-state index in [1.807, 2.05) is 44.7 Å². The van der Waals surface area contributed by atoms with Gasteiger partial charge in [0, 0.05) is 18.0 Å². The molecule has 4 rings (SSSR count). The number of thiophene rings is 1. The van der Waals surface area contributed by atoms with Crippen molar-refractivity contribution in [3.63, 3.8) is 0 Å². The second-order valence-electron chi connectivity index (χ2n) is 8.80. The second-order valence-corrected chi connectivity index (χ2v) is 10.0. The third kappa shape index (κ3) is 3.76. The van der Waals surface area contributed by atoms with E-state index in [4.69, 9.17) is 0 Å². The molecule has 1 fully saturated rings. The first-order chi connectivity index (χ1) is 14.7. The summed E-state index contributed by atoms with van der Waals surface area (Å²) in [6, 6.07) is 5.57. The highest BCUT2D eigenvalue weighted by Gasteiger charge is 2.24. The first kappa shape index (κ1) is 21.6. The van der Waals surface area contributed by atoms with Gasteiger partial charge < -0.3 is 4.90 Å². The average molecular weight is 440 g/mol. The highest BCUT2D eigenvalue weighted by molar-refractivity contribution is 7.18. The molecule has 2 aromatic heterocycles. The van der Waals surface area contributed by atoms with Crippen LogP contribution in [-0.4, -0.2) is 33.0 Å². The molecule has 1 aliphatic rings. The zero-order valence-corrected chi connectivity index (χ0v) is 19.6. The van der Waals surface area contributed by atoms with Crippen molar-refractivity contribution in [2.24, 2.45) is 5.92 Å². The number of aromatic nitrogens is 2. The lowest BCUT2D eigenvalue weighted by Gasteiger charge is -2.30. The normalized spacial score (nSPS) is 15.1. The van der Waals surface area contributed by atoms with Crippen LogP contribution in [0.1, 0.15) is 41.3 Å². The summed E-state index contributed by atoms with van der Waals surface area (Å²) in [4.78, 5) is 43.5. The summed E-state index contributed by atoms with van der Waals surface area (Å²) in [6.45, 7) is 11.4. The molecule has 0 radical (unpaired) electrons. The van der Waals surface area contributed by atoms with Gasteiger partial charge in [0.25, 0.3) is 5.56 Å². The lowest BCUT2D eigenvalue weighted by Crippen LogP contribution is -2.44. The molecule has 1 saturated heterocycles. The van der Waals surface area contributed by atoms with Crippen LogP contribution in [-0.2, 0) is 11.3 Å². The van der Waals surface area contributed by atoms with Gasteiger partial charge in [-0.1, -0.05) is 13.0 Å². The maximum atomic E-state index is 13.6. The van der Waals surface area contributed by atoms with Gasteiger partial charge in [-0.2, -0.15) is 0 Å². The van der Waals surface area contributed by atoms with Crippen LogP contribution in [0.4, 0.5) is 0 Å². The van der Waals surface area contributed by atoms with Crippen molar-refractivity contribution in [2.75, 3.05) is 13.1 Å². The Morgan fingerprint density at radius 2 is 1.74 bits per heavy atom. The number of aryl methyl sites for hydroxylation is 4. The third-order valence-electron chi connectivity index (χ3n) is 6.63. The molecule has 0 aliphatic carbocycles. The number of hydrogen-bond donors (Lipinski definition) is 0. The van der Waals surface area contributed by atoms with Gasteiger partial charge in [0.05, 0.1) is 11.1 Å². The van der Waals surface area contributed by atoms with Gasteiger partial charge in [-0.25, -0.2) is 9.36 Å². The van der Waals surface area contributed by atoms with E-state index >= 15 is 0 Å². The number of amides is 1. The molecule has 6 nitrogen and oxygen atoms in total. The predicted molar refractivity (Wildman–Crippen MR) is 126 cm³/mol. The summed E-state index contributed by atoms with van der Waals surface area (Å²) in [5.74, 6) is 0.553. The average Bonchev–Trinajstić information content (AvgIpc) is 3.03. The molecule has 0 bridgehead atoms. The van der Waals surface area contributed by atoms with Crippen LogP contribution in [0.25, 0.3) is 15.9 Å². The zero-order chi connectivity index (χ0) is 22.4. The van der Waals surface area contributed by atoms with E-state index in [-0.39, 0.29) is 18.0 Å². The van der Waals surface area contributed by atoms with Crippen molar-refractivity contribution in [1.29, 1.82) is 0 Å². The van der Waals surface area contributed by atoms with Crippen molar-refractivity contribution in [3.8, 4) is 5.69 Å². The van der Waals surface area contributed by atoms with Crippen LogP contribution in [0.2, 0.25) is 0 Å². The van der Waals surface area contributed by atoms with Crippen LogP contribution in [0.5, 0.6) is 0 Å². The SMILES string of the molecule is Cc1ccc(-n2c(=O)c3c(C)c(C)sc3n(CC(=O)N3CCC(C)CC3)c2=O)cc1C. The first-order valence-corrected chi connectivity index (χ1v) is 11.6. The van der Waals surface area contributed by atoms with Gasteiger partial charge in [-0.3, -0.25) is 14.2 Å². The van der Waals surface area contributed by atoms with Crippen molar-refractivity contribution in [1.82, 2.24) is 14.0 Å². The number of piperidine rings is 1. The van der Waals surface area contributed by atoms with Gasteiger partial charge >= 0.3 is 5.69 Å². The number of hydrogen-bond acceptors (Lipinski definition) is 4. The Labute approximate surface area is 185 Å². The minimum absolute atomic E-state index is 0.0474. The Bertz CT molecular complexity index is 1290. The van der Waals surface area contributed by atoms with Gasteiger partial charge in [0.1, 0.15) is 11.4 Å². The van der Waals surface area contributed by atoms with E-state index in [1.165, 1.54) is 20.5 Å². The molecule has 0 saturated carbocycles. The molecular formula is C24H29N3O3S. The minimum Gasteiger partial charge on any atom is -0.341 e. The quantitative estimate of drug-likeness (QED) is 0.625. The molecular weight excluding hydrogens is 410 g/mol. The fourth-order valence-electron chi connectivity index (χ4n) is 4.18. The summed E-state index contributed by atoms with van der Waals surface area (Å²) < 4.78 is 2.72. The van der Waals surface area contributed by atoms with Crippen LogP contribution < -0.4 is 11.2 Å². The van der Waals surface area contributed by atoms with Crippen molar-refractivity contribution >= 4 is 27.5 Å². The van der Waals surface area contributed by atoms with Gasteiger partial charge in [0.2, 0.25) is 5.91 Å². The Morgan fingerprint density at radius 3 is 2.39 bits per heavy atom. The number of likely N-dealkylation sites (tertiary alicyclic amines) is 1. The van der Waals surface area contributed by atoms with Gasteiger partial charge in [-0.15, -0.1) is 11.3 Å². The van der Waals surface area contributed by atoms with Gasteiger partial charge in [0.15, 0.2) is 0 Å². The van der Waals surface area contributed by atoms with E-state index in [9.17, 15) is 14.4 Å². The van der Waals surface area contributed by atoms with E-state index in [2.05, 4.69) is 6.92 Å². The van der Waals surface area contributed by atoms with Crippen LogP contribution in [0, 0.1) is 33.6 Å². The largest absolute Gasteiger partial charge is 0.341 e. The molecule has 0 N–H and O–H groups in total. The summed E-state index contributed by atoms with van der Waals surface area (Å²) in [5.41, 5.74) is 2.73. The molecule has 0 atom stereocenters. The molecule has 1 amide bonds. The van der Waals surface area contributed by atoms with E-state index in [0.29, 0.717) is 21.8 Å². The van der Waals surface area contributed by atoms with Crippen LogP contribution in [0.15, 0.2) is 27.8 Å². The maximum Gasteiger partial charge on any atom is 0.337 e. The number of nitrogens with zero attached hydrogens (tertiary/aromatic N) is 3. The zero-order valence-electron chi connectivity index (χ0n) is 18.8. The number of carbonyl (C=O) groups excluding carboxylic acids is 1. The molecule has 31 heavy (non-hydrogen) atoms. The molecule has 3 aromatic rings. The molecule has 7 heteroatoms. The first-order valence-electron chi connectivity index (χ1n) is 10.8. The minimum atomic E-state index is -0.458. The Balaban J connectivity index is 1.89. The Hall–Kier alpha value is -2.67. The van der Waals surface area contributed by atoms with Crippen LogP contribution in [0.3, 0.4) is 0 Å². The maximum absolute atomic E-state index is 13.6.